The molecule has 0 atom stereocenters. The molecule has 0 radical (unpaired) electrons. The van der Waals surface area contributed by atoms with E-state index in [-0.39, 0.29) is 5.56 Å². The molecule has 3 aromatic carbocycles. The third-order valence-corrected chi connectivity index (χ3v) is 4.82. The van der Waals surface area contributed by atoms with Gasteiger partial charge < -0.3 is 14.8 Å². The molecule has 1 aromatic heterocycles. The molecule has 0 aliphatic rings. The maximum Gasteiger partial charge on any atom is 0.336 e. The first-order valence-electron chi connectivity index (χ1n) is 8.77. The van der Waals surface area contributed by atoms with E-state index in [1.54, 1.807) is 36.4 Å². The van der Waals surface area contributed by atoms with Crippen molar-refractivity contribution < 1.29 is 19.8 Å². The Bertz CT molecular complexity index is 1190. The van der Waals surface area contributed by atoms with Crippen LogP contribution < -0.4 is 0 Å². The number of benzene rings is 3. The molecule has 0 bridgehead atoms. The maximum atomic E-state index is 11.4. The molecule has 138 valence electrons. The Morgan fingerprint density at radius 1 is 0.786 bits per heavy atom. The van der Waals surface area contributed by atoms with Crippen molar-refractivity contribution in [1.29, 1.82) is 0 Å². The molecule has 0 saturated carbocycles. The van der Waals surface area contributed by atoms with Crippen LogP contribution in [-0.2, 0) is 6.54 Å². The van der Waals surface area contributed by atoms with Gasteiger partial charge in [-0.05, 0) is 53.1 Å². The van der Waals surface area contributed by atoms with E-state index in [4.69, 9.17) is 5.11 Å². The van der Waals surface area contributed by atoms with Crippen molar-refractivity contribution in [2.24, 2.45) is 0 Å². The van der Waals surface area contributed by atoms with Crippen molar-refractivity contribution in [1.82, 2.24) is 4.57 Å². The van der Waals surface area contributed by atoms with Gasteiger partial charge in [0.05, 0.1) is 11.1 Å². The van der Waals surface area contributed by atoms with Crippen LogP contribution in [0.5, 0.6) is 0 Å². The average Bonchev–Trinajstić information content (AvgIpc) is 3.10. The molecule has 0 fully saturated rings. The number of aromatic nitrogens is 1. The van der Waals surface area contributed by atoms with Gasteiger partial charge in [-0.2, -0.15) is 0 Å². The quantitative estimate of drug-likeness (QED) is 0.530. The summed E-state index contributed by atoms with van der Waals surface area (Å²) in [4.78, 5) is 22.4. The summed E-state index contributed by atoms with van der Waals surface area (Å²) in [6, 6.07) is 21.8. The highest BCUT2D eigenvalue weighted by molar-refractivity contribution is 5.90. The van der Waals surface area contributed by atoms with Crippen molar-refractivity contribution in [3.8, 4) is 11.1 Å². The monoisotopic (exact) mass is 371 g/mol. The number of aromatic carboxylic acids is 2. The molecule has 0 amide bonds. The standard InChI is InChI=1S/C23H17NO4/c25-22(26)16-7-5-15(6-8-16)17-9-10-21-18(13-17)11-12-24(21)14-19-3-1-2-4-20(19)23(27)28/h1-13H,14H2,(H,25,26)(H,27,28). The second-order valence-corrected chi connectivity index (χ2v) is 6.56. The van der Waals surface area contributed by atoms with Crippen molar-refractivity contribution in [2.45, 2.75) is 6.54 Å². The van der Waals surface area contributed by atoms with E-state index in [0.29, 0.717) is 12.1 Å². The smallest absolute Gasteiger partial charge is 0.336 e. The van der Waals surface area contributed by atoms with Crippen molar-refractivity contribution >= 4 is 22.8 Å². The molecule has 0 spiro atoms. The van der Waals surface area contributed by atoms with Crippen LogP contribution in [0.4, 0.5) is 0 Å². The van der Waals surface area contributed by atoms with E-state index in [0.717, 1.165) is 27.6 Å². The van der Waals surface area contributed by atoms with Crippen LogP contribution in [0.1, 0.15) is 26.3 Å². The van der Waals surface area contributed by atoms with E-state index in [2.05, 4.69) is 0 Å². The summed E-state index contributed by atoms with van der Waals surface area (Å²) in [6.07, 6.45) is 1.95. The average molecular weight is 371 g/mol. The van der Waals surface area contributed by atoms with Crippen LogP contribution in [0.15, 0.2) is 79.0 Å². The Kier molecular flexibility index (Phi) is 4.41. The molecule has 0 aliphatic carbocycles. The number of rotatable bonds is 5. The summed E-state index contributed by atoms with van der Waals surface area (Å²) < 4.78 is 2.02. The normalized spacial score (nSPS) is 10.9. The van der Waals surface area contributed by atoms with Crippen molar-refractivity contribution in [3.63, 3.8) is 0 Å². The number of carbonyl (C=O) groups is 2. The largest absolute Gasteiger partial charge is 0.478 e. The zero-order valence-corrected chi connectivity index (χ0v) is 14.9. The summed E-state index contributed by atoms with van der Waals surface area (Å²) in [7, 11) is 0. The Morgan fingerprint density at radius 3 is 2.21 bits per heavy atom. The van der Waals surface area contributed by atoms with Gasteiger partial charge in [0.15, 0.2) is 0 Å². The lowest BCUT2D eigenvalue weighted by atomic mass is 10.0. The number of carboxylic acids is 2. The van der Waals surface area contributed by atoms with Gasteiger partial charge in [-0.3, -0.25) is 0 Å². The molecule has 4 rings (SSSR count). The SMILES string of the molecule is O=C(O)c1ccc(-c2ccc3c(ccn3Cc3ccccc3C(=O)O)c2)cc1. The minimum absolute atomic E-state index is 0.257. The van der Waals surface area contributed by atoms with Gasteiger partial charge in [-0.25, -0.2) is 9.59 Å². The number of fused-ring (bicyclic) bond motifs is 1. The fourth-order valence-corrected chi connectivity index (χ4v) is 3.37. The lowest BCUT2D eigenvalue weighted by Gasteiger charge is -2.09. The third-order valence-electron chi connectivity index (χ3n) is 4.82. The van der Waals surface area contributed by atoms with E-state index >= 15 is 0 Å². The van der Waals surface area contributed by atoms with Crippen LogP contribution in [0, 0.1) is 0 Å². The number of hydrogen-bond donors (Lipinski definition) is 2. The van der Waals surface area contributed by atoms with Crippen LogP contribution in [-0.4, -0.2) is 26.7 Å². The van der Waals surface area contributed by atoms with Crippen LogP contribution in [0.3, 0.4) is 0 Å². The van der Waals surface area contributed by atoms with Gasteiger partial charge in [0.2, 0.25) is 0 Å². The topological polar surface area (TPSA) is 79.5 Å². The van der Waals surface area contributed by atoms with Gasteiger partial charge in [0.25, 0.3) is 0 Å². The fraction of sp³-hybridized carbons (Fsp3) is 0.0435. The van der Waals surface area contributed by atoms with Crippen LogP contribution in [0.25, 0.3) is 22.0 Å². The predicted octanol–water partition coefficient (Wildman–Crippen LogP) is 4.75. The highest BCUT2D eigenvalue weighted by Gasteiger charge is 2.11. The van der Waals surface area contributed by atoms with Crippen molar-refractivity contribution in [2.75, 3.05) is 0 Å². The maximum absolute atomic E-state index is 11.4. The van der Waals surface area contributed by atoms with Gasteiger partial charge in [0, 0.05) is 23.6 Å². The summed E-state index contributed by atoms with van der Waals surface area (Å²) >= 11 is 0. The zero-order valence-electron chi connectivity index (χ0n) is 14.9. The molecule has 2 N–H and O–H groups in total. The van der Waals surface area contributed by atoms with Gasteiger partial charge in [0.1, 0.15) is 0 Å². The summed E-state index contributed by atoms with van der Waals surface area (Å²) in [5.41, 5.74) is 4.25. The lowest BCUT2D eigenvalue weighted by molar-refractivity contribution is 0.0685. The van der Waals surface area contributed by atoms with Gasteiger partial charge in [-0.1, -0.05) is 36.4 Å². The summed E-state index contributed by atoms with van der Waals surface area (Å²) in [6.45, 7) is 0.471. The molecule has 0 unspecified atom stereocenters. The van der Waals surface area contributed by atoms with Gasteiger partial charge >= 0.3 is 11.9 Å². The Balaban J connectivity index is 1.67. The first-order chi connectivity index (χ1) is 13.5. The highest BCUT2D eigenvalue weighted by Crippen LogP contribution is 2.26. The van der Waals surface area contributed by atoms with E-state index in [9.17, 15) is 14.7 Å². The number of nitrogens with zero attached hydrogens (tertiary/aromatic N) is 1. The highest BCUT2D eigenvalue weighted by atomic mass is 16.4. The van der Waals surface area contributed by atoms with Gasteiger partial charge in [-0.15, -0.1) is 0 Å². The minimum atomic E-state index is -0.944. The first kappa shape index (κ1) is 17.5. The molecular formula is C23H17NO4. The summed E-state index contributed by atoms with van der Waals surface area (Å²) in [5.74, 6) is -1.88. The molecule has 4 aromatic rings. The molecule has 1 heterocycles. The lowest BCUT2D eigenvalue weighted by Crippen LogP contribution is -2.06. The molecule has 28 heavy (non-hydrogen) atoms. The Morgan fingerprint density at radius 2 is 1.50 bits per heavy atom. The molecule has 0 aliphatic heterocycles. The first-order valence-corrected chi connectivity index (χ1v) is 8.77. The minimum Gasteiger partial charge on any atom is -0.478 e. The predicted molar refractivity (Wildman–Crippen MR) is 107 cm³/mol. The van der Waals surface area contributed by atoms with Crippen LogP contribution >= 0.6 is 0 Å². The third kappa shape index (κ3) is 3.25. The molecule has 0 saturated heterocycles. The molecular weight excluding hydrogens is 354 g/mol. The van der Waals surface area contributed by atoms with E-state index < -0.39 is 11.9 Å². The van der Waals surface area contributed by atoms with E-state index in [1.807, 2.05) is 47.2 Å². The zero-order chi connectivity index (χ0) is 19.7. The van der Waals surface area contributed by atoms with Crippen molar-refractivity contribution in [3.05, 3.63) is 95.7 Å². The summed E-state index contributed by atoms with van der Waals surface area (Å²) in [5, 5.41) is 19.4. The number of hydrogen-bond acceptors (Lipinski definition) is 2. The fourth-order valence-electron chi connectivity index (χ4n) is 3.37. The van der Waals surface area contributed by atoms with Crippen LogP contribution in [0.2, 0.25) is 0 Å². The number of carboxylic acid groups (broad SMARTS) is 2. The Labute approximate surface area is 161 Å². The second-order valence-electron chi connectivity index (χ2n) is 6.56. The Hall–Kier alpha value is -3.86. The molecule has 5 nitrogen and oxygen atoms in total. The second kappa shape index (κ2) is 7.04. The molecule has 5 heteroatoms. The van der Waals surface area contributed by atoms with E-state index in [1.165, 1.54) is 0 Å².